The van der Waals surface area contributed by atoms with Crippen molar-refractivity contribution in [1.29, 1.82) is 0 Å². The van der Waals surface area contributed by atoms with E-state index in [4.69, 9.17) is 5.11 Å². The fraction of sp³-hybridized carbons (Fsp3) is 0. The number of aromatic nitrogens is 2. The van der Waals surface area contributed by atoms with Crippen LogP contribution in [0.3, 0.4) is 0 Å². The molecule has 0 bridgehead atoms. The first kappa shape index (κ1) is 8.25. The van der Waals surface area contributed by atoms with Crippen LogP contribution in [-0.2, 0) is 0 Å². The summed E-state index contributed by atoms with van der Waals surface area (Å²) in [7, 11) is 0. The molecule has 4 nitrogen and oxygen atoms in total. The van der Waals surface area contributed by atoms with Crippen molar-refractivity contribution in [3.8, 4) is 0 Å². The largest absolute Gasteiger partial charge is 0.478 e. The van der Waals surface area contributed by atoms with E-state index in [0.29, 0.717) is 4.47 Å². The molecule has 1 aromatic heterocycles. The van der Waals surface area contributed by atoms with Crippen LogP contribution in [0.25, 0.3) is 10.9 Å². The third-order valence-corrected chi connectivity index (χ3v) is 2.41. The highest BCUT2D eigenvalue weighted by Gasteiger charge is 2.09. The van der Waals surface area contributed by atoms with E-state index in [-0.39, 0.29) is 5.56 Å². The number of aromatic amines is 1. The minimum Gasteiger partial charge on any atom is -0.478 e. The minimum atomic E-state index is -0.949. The topological polar surface area (TPSA) is 66.0 Å². The number of carboxylic acid groups (broad SMARTS) is 1. The van der Waals surface area contributed by atoms with Crippen LogP contribution in [0, 0.1) is 0 Å². The molecule has 2 aromatic rings. The Morgan fingerprint density at radius 2 is 2.31 bits per heavy atom. The zero-order valence-electron chi connectivity index (χ0n) is 6.41. The Morgan fingerprint density at radius 1 is 1.54 bits per heavy atom. The second-order valence-corrected chi connectivity index (χ2v) is 3.45. The summed E-state index contributed by atoms with van der Waals surface area (Å²) in [5.74, 6) is -0.949. The van der Waals surface area contributed by atoms with E-state index in [1.165, 1.54) is 0 Å². The van der Waals surface area contributed by atoms with Gasteiger partial charge in [0.1, 0.15) is 0 Å². The monoisotopic (exact) mass is 240 g/mol. The van der Waals surface area contributed by atoms with Crippen molar-refractivity contribution in [1.82, 2.24) is 10.2 Å². The molecule has 0 amide bonds. The molecule has 1 heterocycles. The van der Waals surface area contributed by atoms with Crippen molar-refractivity contribution in [2.45, 2.75) is 0 Å². The van der Waals surface area contributed by atoms with E-state index in [2.05, 4.69) is 26.1 Å². The fourth-order valence-electron chi connectivity index (χ4n) is 1.13. The number of nitrogens with zero attached hydrogens (tertiary/aromatic N) is 1. The van der Waals surface area contributed by atoms with Gasteiger partial charge in [0.2, 0.25) is 0 Å². The van der Waals surface area contributed by atoms with Gasteiger partial charge in [-0.1, -0.05) is 0 Å². The molecular weight excluding hydrogens is 236 g/mol. The maximum Gasteiger partial charge on any atom is 0.336 e. The van der Waals surface area contributed by atoms with Crippen molar-refractivity contribution in [2.24, 2.45) is 0 Å². The maximum atomic E-state index is 10.7. The molecule has 0 saturated heterocycles. The highest BCUT2D eigenvalue weighted by Crippen LogP contribution is 2.22. The molecule has 0 atom stereocenters. The Bertz CT molecular complexity index is 478. The summed E-state index contributed by atoms with van der Waals surface area (Å²) in [4.78, 5) is 10.7. The van der Waals surface area contributed by atoms with Gasteiger partial charge in [-0.2, -0.15) is 5.10 Å². The molecule has 0 aliphatic rings. The molecule has 0 unspecified atom stereocenters. The van der Waals surface area contributed by atoms with Gasteiger partial charge in [-0.25, -0.2) is 4.79 Å². The molecule has 66 valence electrons. The molecule has 13 heavy (non-hydrogen) atoms. The summed E-state index contributed by atoms with van der Waals surface area (Å²) in [6.07, 6.45) is 1.59. The van der Waals surface area contributed by atoms with Gasteiger partial charge < -0.3 is 5.11 Å². The molecule has 2 N–H and O–H groups in total. The molecule has 1 aromatic carbocycles. The van der Waals surface area contributed by atoms with Crippen molar-refractivity contribution < 1.29 is 9.90 Å². The zero-order valence-corrected chi connectivity index (χ0v) is 8.00. The van der Waals surface area contributed by atoms with Crippen molar-refractivity contribution >= 4 is 32.8 Å². The maximum absolute atomic E-state index is 10.7. The third-order valence-electron chi connectivity index (χ3n) is 1.76. The van der Waals surface area contributed by atoms with Gasteiger partial charge in [-0.15, -0.1) is 0 Å². The van der Waals surface area contributed by atoms with Crippen LogP contribution >= 0.6 is 15.9 Å². The van der Waals surface area contributed by atoms with Gasteiger partial charge in [0.15, 0.2) is 0 Å². The van der Waals surface area contributed by atoms with Crippen LogP contribution in [0.15, 0.2) is 22.8 Å². The van der Waals surface area contributed by atoms with Crippen LogP contribution in [0.1, 0.15) is 10.4 Å². The lowest BCUT2D eigenvalue weighted by molar-refractivity contribution is 0.0696. The first-order valence-electron chi connectivity index (χ1n) is 3.54. The molecular formula is C8H5BrN2O2. The van der Waals surface area contributed by atoms with Crippen LogP contribution in [0.4, 0.5) is 0 Å². The molecule has 0 fully saturated rings. The number of carboxylic acids is 1. The zero-order chi connectivity index (χ0) is 9.42. The summed E-state index contributed by atoms with van der Waals surface area (Å²) < 4.78 is 0.553. The lowest BCUT2D eigenvalue weighted by Gasteiger charge is -1.97. The van der Waals surface area contributed by atoms with Gasteiger partial charge in [0, 0.05) is 9.86 Å². The van der Waals surface area contributed by atoms with Crippen LogP contribution < -0.4 is 0 Å². The van der Waals surface area contributed by atoms with Crippen LogP contribution in [0.2, 0.25) is 0 Å². The van der Waals surface area contributed by atoms with E-state index in [9.17, 15) is 4.79 Å². The number of H-pyrrole nitrogens is 1. The Morgan fingerprint density at radius 3 is 3.00 bits per heavy atom. The minimum absolute atomic E-state index is 0.244. The second-order valence-electron chi connectivity index (χ2n) is 2.59. The van der Waals surface area contributed by atoms with E-state index >= 15 is 0 Å². The number of aromatic carboxylic acids is 1. The van der Waals surface area contributed by atoms with Gasteiger partial charge in [-0.3, -0.25) is 5.10 Å². The number of hydrogen-bond acceptors (Lipinski definition) is 2. The third kappa shape index (κ3) is 1.31. The molecule has 0 aliphatic heterocycles. The summed E-state index contributed by atoms with van der Waals surface area (Å²) >= 11 is 3.17. The summed E-state index contributed by atoms with van der Waals surface area (Å²) in [5, 5.41) is 16.2. The molecule has 2 rings (SSSR count). The number of nitrogens with one attached hydrogen (secondary N) is 1. The van der Waals surface area contributed by atoms with Crippen LogP contribution in [-0.4, -0.2) is 21.3 Å². The number of fused-ring (bicyclic) bond motifs is 1. The number of carbonyl (C=O) groups is 1. The van der Waals surface area contributed by atoms with Crippen molar-refractivity contribution in [3.63, 3.8) is 0 Å². The van der Waals surface area contributed by atoms with Crippen molar-refractivity contribution in [3.05, 3.63) is 28.4 Å². The second kappa shape index (κ2) is 2.85. The van der Waals surface area contributed by atoms with Crippen molar-refractivity contribution in [2.75, 3.05) is 0 Å². The SMILES string of the molecule is O=C(O)c1cc2cn[nH]c2cc1Br. The van der Waals surface area contributed by atoms with Gasteiger partial charge in [0.25, 0.3) is 0 Å². The highest BCUT2D eigenvalue weighted by molar-refractivity contribution is 9.10. The molecule has 0 aliphatic carbocycles. The molecule has 0 saturated carbocycles. The predicted octanol–water partition coefficient (Wildman–Crippen LogP) is 2.02. The Labute approximate surface area is 81.7 Å². The van der Waals surface area contributed by atoms with E-state index in [0.717, 1.165) is 10.9 Å². The van der Waals surface area contributed by atoms with E-state index in [1.807, 2.05) is 0 Å². The highest BCUT2D eigenvalue weighted by atomic mass is 79.9. The summed E-state index contributed by atoms with van der Waals surface area (Å²) in [6, 6.07) is 3.27. The smallest absolute Gasteiger partial charge is 0.336 e. The number of halogens is 1. The first-order valence-corrected chi connectivity index (χ1v) is 4.33. The van der Waals surface area contributed by atoms with Gasteiger partial charge >= 0.3 is 5.97 Å². The number of rotatable bonds is 1. The Kier molecular flexibility index (Phi) is 1.81. The first-order chi connectivity index (χ1) is 6.18. The Hall–Kier alpha value is -1.36. The summed E-state index contributed by atoms with van der Waals surface area (Å²) in [5.41, 5.74) is 1.06. The molecule has 0 spiro atoms. The van der Waals surface area contributed by atoms with Crippen LogP contribution in [0.5, 0.6) is 0 Å². The fourth-order valence-corrected chi connectivity index (χ4v) is 1.64. The van der Waals surface area contributed by atoms with Gasteiger partial charge in [-0.05, 0) is 28.1 Å². The predicted molar refractivity (Wildman–Crippen MR) is 50.8 cm³/mol. The number of hydrogen-bond donors (Lipinski definition) is 2. The average Bonchev–Trinajstić information content (AvgIpc) is 2.48. The molecule has 5 heteroatoms. The van der Waals surface area contributed by atoms with E-state index < -0.39 is 5.97 Å². The number of benzene rings is 1. The average molecular weight is 241 g/mol. The lowest BCUT2D eigenvalue weighted by Crippen LogP contribution is -1.96. The summed E-state index contributed by atoms with van der Waals surface area (Å²) in [6.45, 7) is 0. The Balaban J connectivity index is 2.76. The lowest BCUT2D eigenvalue weighted by atomic mass is 10.2. The normalized spacial score (nSPS) is 10.5. The quantitative estimate of drug-likeness (QED) is 0.802. The van der Waals surface area contributed by atoms with E-state index in [1.54, 1.807) is 18.3 Å². The standard InChI is InChI=1S/C8H5BrN2O2/c9-6-2-7-4(3-10-11-7)1-5(6)8(12)13/h1-3H,(H,10,11)(H,12,13). The van der Waals surface area contributed by atoms with Gasteiger partial charge in [0.05, 0.1) is 17.3 Å². The molecule has 0 radical (unpaired) electrons.